The predicted molar refractivity (Wildman–Crippen MR) is 68.2 cm³/mol. The van der Waals surface area contributed by atoms with Crippen molar-refractivity contribution in [3.8, 4) is 0 Å². The van der Waals surface area contributed by atoms with Gasteiger partial charge in [-0.3, -0.25) is 0 Å². The molecule has 2 heteroatoms. The highest BCUT2D eigenvalue weighted by Gasteiger charge is 2.39. The molecule has 2 rings (SSSR count). The molecule has 1 aromatic rings. The lowest BCUT2D eigenvalue weighted by atomic mass is 9.64. The van der Waals surface area contributed by atoms with Gasteiger partial charge in [-0.25, -0.2) is 0 Å². The topological polar surface area (TPSA) is 12.0 Å². The van der Waals surface area contributed by atoms with Gasteiger partial charge in [0.15, 0.2) is 0 Å². The Morgan fingerprint density at radius 3 is 2.60 bits per heavy atom. The Balaban J connectivity index is 2.22. The first-order valence-corrected chi connectivity index (χ1v) is 6.53. The standard InChI is InChI=1S/C13H18BrN/c1-2-15-10-13(8-5-9-13)11-6-3-4-7-12(11)14/h3-4,6-7,15H,2,5,8-10H2,1H3. The smallest absolute Gasteiger partial charge is 0.0213 e. The van der Waals surface area contributed by atoms with Crippen molar-refractivity contribution in [3.05, 3.63) is 34.3 Å². The maximum absolute atomic E-state index is 3.67. The van der Waals surface area contributed by atoms with E-state index in [1.54, 1.807) is 0 Å². The summed E-state index contributed by atoms with van der Waals surface area (Å²) >= 11 is 3.67. The third kappa shape index (κ3) is 2.11. The molecular formula is C13H18BrN. The highest BCUT2D eigenvalue weighted by atomic mass is 79.9. The lowest BCUT2D eigenvalue weighted by molar-refractivity contribution is 0.234. The van der Waals surface area contributed by atoms with E-state index in [-0.39, 0.29) is 0 Å². The number of hydrogen-bond donors (Lipinski definition) is 1. The van der Waals surface area contributed by atoms with Crippen molar-refractivity contribution >= 4 is 15.9 Å². The van der Waals surface area contributed by atoms with Crippen molar-refractivity contribution in [2.75, 3.05) is 13.1 Å². The fourth-order valence-electron chi connectivity index (χ4n) is 2.40. The van der Waals surface area contributed by atoms with Gasteiger partial charge in [-0.05, 0) is 31.0 Å². The molecule has 0 bridgehead atoms. The summed E-state index contributed by atoms with van der Waals surface area (Å²) in [6.07, 6.45) is 4.01. The molecule has 0 spiro atoms. The summed E-state index contributed by atoms with van der Waals surface area (Å²) in [6, 6.07) is 8.65. The number of likely N-dealkylation sites (N-methyl/N-ethyl adjacent to an activating group) is 1. The van der Waals surface area contributed by atoms with Crippen LogP contribution in [-0.4, -0.2) is 13.1 Å². The van der Waals surface area contributed by atoms with Crippen LogP contribution in [0.5, 0.6) is 0 Å². The monoisotopic (exact) mass is 267 g/mol. The predicted octanol–water partition coefficient (Wildman–Crippen LogP) is 3.48. The van der Waals surface area contributed by atoms with Crippen molar-refractivity contribution in [3.63, 3.8) is 0 Å². The Morgan fingerprint density at radius 1 is 1.33 bits per heavy atom. The molecule has 0 radical (unpaired) electrons. The Bertz CT molecular complexity index is 331. The van der Waals surface area contributed by atoms with Crippen molar-refractivity contribution in [1.29, 1.82) is 0 Å². The van der Waals surface area contributed by atoms with Gasteiger partial charge in [-0.2, -0.15) is 0 Å². The fraction of sp³-hybridized carbons (Fsp3) is 0.538. The van der Waals surface area contributed by atoms with Crippen LogP contribution in [0.2, 0.25) is 0 Å². The molecular weight excluding hydrogens is 250 g/mol. The molecule has 1 aromatic carbocycles. The van der Waals surface area contributed by atoms with E-state index in [0.29, 0.717) is 5.41 Å². The molecule has 82 valence electrons. The van der Waals surface area contributed by atoms with E-state index in [0.717, 1.165) is 13.1 Å². The van der Waals surface area contributed by atoms with Gasteiger partial charge < -0.3 is 5.32 Å². The molecule has 1 aliphatic carbocycles. The van der Waals surface area contributed by atoms with Crippen LogP contribution in [0.15, 0.2) is 28.7 Å². The molecule has 1 saturated carbocycles. The quantitative estimate of drug-likeness (QED) is 0.881. The van der Waals surface area contributed by atoms with E-state index in [2.05, 4.69) is 52.4 Å². The van der Waals surface area contributed by atoms with Crippen LogP contribution in [0.1, 0.15) is 31.7 Å². The van der Waals surface area contributed by atoms with Gasteiger partial charge in [0.25, 0.3) is 0 Å². The minimum absolute atomic E-state index is 0.399. The Morgan fingerprint density at radius 2 is 2.07 bits per heavy atom. The van der Waals surface area contributed by atoms with Crippen LogP contribution >= 0.6 is 15.9 Å². The van der Waals surface area contributed by atoms with Gasteiger partial charge in [0.1, 0.15) is 0 Å². The van der Waals surface area contributed by atoms with Crippen LogP contribution in [-0.2, 0) is 5.41 Å². The largest absolute Gasteiger partial charge is 0.316 e. The highest BCUT2D eigenvalue weighted by molar-refractivity contribution is 9.10. The molecule has 0 unspecified atom stereocenters. The molecule has 0 saturated heterocycles. The second-order valence-electron chi connectivity index (χ2n) is 4.39. The van der Waals surface area contributed by atoms with Gasteiger partial charge in [-0.1, -0.05) is 47.5 Å². The Hall–Kier alpha value is -0.340. The van der Waals surface area contributed by atoms with Gasteiger partial charge >= 0.3 is 0 Å². The van der Waals surface area contributed by atoms with Crippen LogP contribution in [0.25, 0.3) is 0 Å². The van der Waals surface area contributed by atoms with Gasteiger partial charge in [0.05, 0.1) is 0 Å². The molecule has 15 heavy (non-hydrogen) atoms. The van der Waals surface area contributed by atoms with Crippen molar-refractivity contribution < 1.29 is 0 Å². The van der Waals surface area contributed by atoms with E-state index in [4.69, 9.17) is 0 Å². The first-order chi connectivity index (χ1) is 7.28. The zero-order chi connectivity index (χ0) is 10.7. The lowest BCUT2D eigenvalue weighted by Crippen LogP contribution is -2.44. The normalized spacial score (nSPS) is 18.5. The number of benzene rings is 1. The molecule has 0 atom stereocenters. The molecule has 1 aliphatic rings. The van der Waals surface area contributed by atoms with Crippen molar-refractivity contribution in [1.82, 2.24) is 5.32 Å². The van der Waals surface area contributed by atoms with Crippen LogP contribution in [0.4, 0.5) is 0 Å². The molecule has 0 aliphatic heterocycles. The SMILES string of the molecule is CCNCC1(c2ccccc2Br)CCC1. The fourth-order valence-corrected chi connectivity index (χ4v) is 3.11. The third-order valence-corrected chi connectivity index (χ3v) is 4.16. The van der Waals surface area contributed by atoms with E-state index >= 15 is 0 Å². The molecule has 0 aromatic heterocycles. The lowest BCUT2D eigenvalue weighted by Gasteiger charge is -2.43. The first kappa shape index (κ1) is 11.2. The van der Waals surface area contributed by atoms with E-state index in [1.165, 1.54) is 29.3 Å². The third-order valence-electron chi connectivity index (χ3n) is 3.47. The molecule has 0 heterocycles. The minimum atomic E-state index is 0.399. The number of rotatable bonds is 4. The maximum Gasteiger partial charge on any atom is 0.0213 e. The molecule has 1 N–H and O–H groups in total. The van der Waals surface area contributed by atoms with Crippen molar-refractivity contribution in [2.45, 2.75) is 31.6 Å². The zero-order valence-electron chi connectivity index (χ0n) is 9.22. The second kappa shape index (κ2) is 4.67. The summed E-state index contributed by atoms with van der Waals surface area (Å²) in [5.74, 6) is 0. The summed E-state index contributed by atoms with van der Waals surface area (Å²) in [6.45, 7) is 4.35. The zero-order valence-corrected chi connectivity index (χ0v) is 10.8. The Labute approximate surface area is 100 Å². The maximum atomic E-state index is 3.67. The molecule has 0 amide bonds. The summed E-state index contributed by atoms with van der Waals surface area (Å²) in [7, 11) is 0. The Kier molecular flexibility index (Phi) is 3.47. The first-order valence-electron chi connectivity index (χ1n) is 5.74. The van der Waals surface area contributed by atoms with Gasteiger partial charge in [-0.15, -0.1) is 0 Å². The van der Waals surface area contributed by atoms with Crippen LogP contribution in [0.3, 0.4) is 0 Å². The minimum Gasteiger partial charge on any atom is -0.316 e. The number of hydrogen-bond acceptors (Lipinski definition) is 1. The number of halogens is 1. The second-order valence-corrected chi connectivity index (χ2v) is 5.25. The number of nitrogens with one attached hydrogen (secondary N) is 1. The molecule has 1 nitrogen and oxygen atoms in total. The van der Waals surface area contributed by atoms with Gasteiger partial charge in [0, 0.05) is 16.4 Å². The summed E-state index contributed by atoms with van der Waals surface area (Å²) in [4.78, 5) is 0. The summed E-state index contributed by atoms with van der Waals surface area (Å²) in [5.41, 5.74) is 1.88. The summed E-state index contributed by atoms with van der Waals surface area (Å²) < 4.78 is 1.27. The van der Waals surface area contributed by atoms with E-state index in [1.807, 2.05) is 0 Å². The van der Waals surface area contributed by atoms with Crippen LogP contribution < -0.4 is 5.32 Å². The highest BCUT2D eigenvalue weighted by Crippen LogP contribution is 2.45. The average molecular weight is 268 g/mol. The van der Waals surface area contributed by atoms with E-state index in [9.17, 15) is 0 Å². The summed E-state index contributed by atoms with van der Waals surface area (Å²) in [5, 5.41) is 3.50. The van der Waals surface area contributed by atoms with E-state index < -0.39 is 0 Å². The molecule has 1 fully saturated rings. The average Bonchev–Trinajstić information content (AvgIpc) is 2.19. The van der Waals surface area contributed by atoms with Crippen molar-refractivity contribution in [2.24, 2.45) is 0 Å². The van der Waals surface area contributed by atoms with Gasteiger partial charge in [0.2, 0.25) is 0 Å². The van der Waals surface area contributed by atoms with Crippen LogP contribution in [0, 0.1) is 0 Å².